The molecule has 2 aromatic carbocycles. The van der Waals surface area contributed by atoms with Crippen molar-refractivity contribution < 1.29 is 68.3 Å². The Morgan fingerprint density at radius 1 is 0.750 bits per heavy atom. The Morgan fingerprint density at radius 2 is 1.23 bits per heavy atom. The number of aromatic nitrogens is 10. The summed E-state index contributed by atoms with van der Waals surface area (Å²) in [5, 5.41) is 13.4. The first-order valence-corrected chi connectivity index (χ1v) is 26.1. The second kappa shape index (κ2) is 23.2. The Morgan fingerprint density at radius 3 is 1.64 bits per heavy atom. The van der Waals surface area contributed by atoms with Crippen molar-refractivity contribution in [1.82, 2.24) is 58.0 Å². The molecule has 0 spiro atoms. The Bertz CT molecular complexity index is 3760. The van der Waals surface area contributed by atoms with Gasteiger partial charge in [0.05, 0.1) is 76.7 Å². The van der Waals surface area contributed by atoms with Gasteiger partial charge in [0.1, 0.15) is 42.1 Å². The number of hydrogen-bond donors (Lipinski definition) is 2. The van der Waals surface area contributed by atoms with Gasteiger partial charge in [0, 0.05) is 123 Å². The van der Waals surface area contributed by atoms with E-state index in [4.69, 9.17) is 34.5 Å². The third kappa shape index (κ3) is 10.7. The zero-order valence-electron chi connectivity index (χ0n) is 44.4. The molecule has 0 saturated heterocycles. The molecule has 8 aromatic rings. The van der Waals surface area contributed by atoms with E-state index >= 15 is 0 Å². The molecule has 2 amide bonds. The third-order valence-electron chi connectivity index (χ3n) is 14.4. The molecule has 2 fully saturated rings. The van der Waals surface area contributed by atoms with Gasteiger partial charge in [-0.1, -0.05) is 29.4 Å². The molecule has 2 aliphatic carbocycles. The minimum atomic E-state index is -2.86. The Hall–Kier alpha value is -7.07. The van der Waals surface area contributed by atoms with E-state index in [2.05, 4.69) is 37.9 Å². The molecule has 13 rings (SSSR count). The number of imidazole rings is 4. The average molecular weight is 1350 g/mol. The predicted octanol–water partition coefficient (Wildman–Crippen LogP) is 8.47. The Kier molecular flexibility index (Phi) is 16.3. The summed E-state index contributed by atoms with van der Waals surface area (Å²) in [4.78, 5) is 66.8. The van der Waals surface area contributed by atoms with E-state index in [1.807, 2.05) is 41.2 Å². The quantitative estimate of drug-likeness (QED) is 0.0213. The van der Waals surface area contributed by atoms with Gasteiger partial charge in [-0.2, -0.15) is 0 Å². The van der Waals surface area contributed by atoms with Crippen LogP contribution >= 0.6 is 24.2 Å². The van der Waals surface area contributed by atoms with Gasteiger partial charge in [-0.15, -0.1) is 0 Å². The van der Waals surface area contributed by atoms with Crippen LogP contribution in [0.2, 0.25) is 0 Å². The molecular formula is C53H50BF4N15O4S2U. The normalized spacial score (nSPS) is 17.9. The Labute approximate surface area is 491 Å². The van der Waals surface area contributed by atoms with Gasteiger partial charge in [-0.25, -0.2) is 51.9 Å². The summed E-state index contributed by atoms with van der Waals surface area (Å²) in [7, 11) is 7.27. The number of carbonyl (C=O) groups is 3. The maximum atomic E-state index is 14.1. The average Bonchev–Trinajstić information content (AvgIpc) is 4.33. The molecule has 80 heavy (non-hydrogen) atoms. The van der Waals surface area contributed by atoms with Crippen LogP contribution in [0.1, 0.15) is 128 Å². The fourth-order valence-corrected chi connectivity index (χ4v) is 11.0. The minimum absolute atomic E-state index is 0. The summed E-state index contributed by atoms with van der Waals surface area (Å²) in [6.45, 7) is 4.53. The number of pyridine rings is 2. The van der Waals surface area contributed by atoms with Gasteiger partial charge >= 0.3 is 0 Å². The van der Waals surface area contributed by atoms with Crippen molar-refractivity contribution in [2.24, 2.45) is 15.3 Å². The fraction of sp³-hybridized carbons (Fsp3) is 0.321. The number of nitrogens with two attached hydrogens (primary N) is 1. The maximum absolute atomic E-state index is 14.1. The number of alkyl halides is 4. The van der Waals surface area contributed by atoms with Crippen LogP contribution in [0.5, 0.6) is 0 Å². The van der Waals surface area contributed by atoms with Gasteiger partial charge in [0.15, 0.2) is 10.9 Å². The summed E-state index contributed by atoms with van der Waals surface area (Å²) >= 11 is 5.91. The molecule has 2 atom stereocenters. The van der Waals surface area contributed by atoms with Crippen LogP contribution in [0.4, 0.5) is 17.6 Å². The molecule has 408 valence electrons. The van der Waals surface area contributed by atoms with Gasteiger partial charge in [0.25, 0.3) is 12.9 Å². The number of benzene rings is 2. The second-order valence-corrected chi connectivity index (χ2v) is 20.8. The zero-order chi connectivity index (χ0) is 56.8. The molecular weight excluding hydrogens is 1300 g/mol. The maximum Gasteiger partial charge on any atom is 0.266 e. The fourth-order valence-electron chi connectivity index (χ4n) is 10.3. The first-order chi connectivity index (χ1) is 38.5. The minimum Gasteiger partial charge on any atom is -0.409 e. The van der Waals surface area contributed by atoms with Crippen LogP contribution in [0, 0.1) is 31.1 Å². The summed E-state index contributed by atoms with van der Waals surface area (Å²) in [6, 6.07) is 12.8. The molecule has 0 bridgehead atoms. The SMILES string of the molecule is CC1C(=O)N(C)Cc2c(-c3cccc4nc(/C(N)=N/O)c(C(F)F)cc34)nc(C3CC3)n21.CC1C(=O)N(C)Cc2c(-c3cccc4nc(C5=NSC(=O)C5)c(C(F)F)cc34)nc(C3CC3)n21.S=C(n1ccnc1)n1ccnc1.[2H][B].[U]. The third-order valence-corrected chi connectivity index (χ3v) is 15.5. The molecule has 19 nitrogen and oxygen atoms in total. The smallest absolute Gasteiger partial charge is 0.266 e. The number of amides is 2. The first-order valence-electron chi connectivity index (χ1n) is 25.5. The van der Waals surface area contributed by atoms with E-state index in [0.717, 1.165) is 60.7 Å². The van der Waals surface area contributed by atoms with E-state index < -0.39 is 24.2 Å². The van der Waals surface area contributed by atoms with Gasteiger partial charge in [-0.05, 0) is 77.3 Å². The van der Waals surface area contributed by atoms with Crippen molar-refractivity contribution in [1.29, 1.82) is 1.34 Å². The number of halogens is 4. The summed E-state index contributed by atoms with van der Waals surface area (Å²) < 4.78 is 72.8. The number of rotatable bonds is 8. The zero-order valence-corrected chi connectivity index (χ0v) is 49.2. The van der Waals surface area contributed by atoms with Crippen molar-refractivity contribution in [3.63, 3.8) is 0 Å². The van der Waals surface area contributed by atoms with Gasteiger partial charge in [0.2, 0.25) is 16.9 Å². The van der Waals surface area contributed by atoms with Crippen molar-refractivity contribution in [2.45, 2.75) is 95.8 Å². The number of nitrogens with zero attached hydrogens (tertiary/aromatic N) is 14. The topological polar surface area (TPSA) is 226 Å². The predicted molar refractivity (Wildman–Crippen MR) is 293 cm³/mol. The monoisotopic (exact) mass is 1350 g/mol. The molecule has 6 aromatic heterocycles. The van der Waals surface area contributed by atoms with E-state index in [1.165, 1.54) is 12.1 Å². The molecule has 2 saturated carbocycles. The van der Waals surface area contributed by atoms with Crippen LogP contribution in [0.3, 0.4) is 0 Å². The van der Waals surface area contributed by atoms with Crippen LogP contribution < -0.4 is 5.73 Å². The van der Waals surface area contributed by atoms with E-state index in [-0.39, 0.29) is 89.2 Å². The Balaban J connectivity index is 0.000000157. The summed E-state index contributed by atoms with van der Waals surface area (Å²) in [5.41, 5.74) is 10.5. The number of amidine groups is 1. The van der Waals surface area contributed by atoms with Crippen molar-refractivity contribution in [3.8, 4) is 22.5 Å². The number of hydrogen-bond acceptors (Lipinski definition) is 14. The first kappa shape index (κ1) is 56.2. The summed E-state index contributed by atoms with van der Waals surface area (Å²) in [5.74, 6) is 1.97. The molecule has 5 aliphatic rings. The van der Waals surface area contributed by atoms with Gasteiger partial charge < -0.3 is 29.9 Å². The van der Waals surface area contributed by atoms with Crippen molar-refractivity contribution in [2.75, 3.05) is 14.1 Å². The number of carbonyl (C=O) groups excluding carboxylic acids is 3. The molecule has 9 heterocycles. The molecule has 3 aliphatic heterocycles. The molecule has 2 unspecified atom stereocenters. The number of likely N-dealkylation sites (N-methyl/N-ethyl adjacent to an activating group) is 2. The summed E-state index contributed by atoms with van der Waals surface area (Å²) in [6.07, 6.45) is 8.71. The second-order valence-electron chi connectivity index (χ2n) is 19.6. The molecule has 3 N–H and O–H groups in total. The van der Waals surface area contributed by atoms with E-state index in [9.17, 15) is 31.9 Å². The van der Waals surface area contributed by atoms with E-state index in [1.54, 1.807) is 88.7 Å². The van der Waals surface area contributed by atoms with Crippen LogP contribution in [-0.4, -0.2) is 121 Å². The van der Waals surface area contributed by atoms with E-state index in [0.29, 0.717) is 74.4 Å². The van der Waals surface area contributed by atoms with Crippen molar-refractivity contribution >= 4 is 87.9 Å². The standard InChI is InChI=1S/C24H21F2N5O2S.C22H22F2N6O2.C7H6N4S.BH.U/c1-11-24(33)30(2)10-18-21(28-23(31(11)18)12-6-7-12)13-4-3-5-16-14(13)8-15(22(25)26)20(27-16)17-9-19(32)34-29-17;1-10-22(31)29(2)9-16-17(27-21(30(10)16)11-6-7-11)12-4-3-5-15-13(12)8-14(19(23)24)18(26-15)20(25)28-32;12-7(10-3-1-8-5-10)11-4-2-9-6-11;;/h3-5,8,11-12,22H,6-7,9-10H2,1-2H3;3-5,8,10-11,19,32H,6-7,9H2,1-2H3,(H2,25,28);1-6H;1H;/i;;;1D;. The number of thiocarbonyl (C=S) groups is 1. The van der Waals surface area contributed by atoms with Crippen LogP contribution in [0.25, 0.3) is 44.3 Å². The van der Waals surface area contributed by atoms with Crippen molar-refractivity contribution in [3.05, 3.63) is 132 Å². The largest absolute Gasteiger partial charge is 0.409 e. The molecule has 2 radical (unpaired) electrons. The molecule has 27 heteroatoms. The van der Waals surface area contributed by atoms with Crippen LogP contribution in [-0.2, 0) is 27.5 Å². The van der Waals surface area contributed by atoms with Gasteiger partial charge in [-0.3, -0.25) is 23.5 Å². The number of fused-ring (bicyclic) bond motifs is 4. The van der Waals surface area contributed by atoms with Crippen LogP contribution in [0.15, 0.2) is 95.5 Å². The number of oxime groups is 1.